The highest BCUT2D eigenvalue weighted by atomic mass is 15.2. The number of piperidine rings is 3. The highest BCUT2D eigenvalue weighted by molar-refractivity contribution is 5.58. The van der Waals surface area contributed by atoms with Gasteiger partial charge in [0.05, 0.1) is 5.54 Å². The molecule has 0 aliphatic carbocycles. The summed E-state index contributed by atoms with van der Waals surface area (Å²) in [5.74, 6) is 0.824. The van der Waals surface area contributed by atoms with E-state index in [2.05, 4.69) is 21.5 Å². The summed E-state index contributed by atoms with van der Waals surface area (Å²) in [5, 5.41) is 3.12. The lowest BCUT2D eigenvalue weighted by atomic mass is 9.73. The van der Waals surface area contributed by atoms with Gasteiger partial charge in [-0.25, -0.2) is 0 Å². The topological polar surface area (TPSA) is 27.6 Å². The van der Waals surface area contributed by atoms with Crippen LogP contribution in [0.3, 0.4) is 0 Å². The molecule has 4 aliphatic rings. The van der Waals surface area contributed by atoms with Crippen molar-refractivity contribution < 1.29 is 0 Å². The van der Waals surface area contributed by atoms with Crippen LogP contribution >= 0.6 is 0 Å². The Morgan fingerprint density at radius 2 is 2.25 bits per heavy atom. The standard InChI is InChI=1S/C9H14N3/c1-3-12-4-2-8(1)9(6-12)5-10-7-11-9/h8H,1-6H2,(H,10,11). The van der Waals surface area contributed by atoms with Gasteiger partial charge >= 0.3 is 0 Å². The summed E-state index contributed by atoms with van der Waals surface area (Å²) in [6.45, 7) is 4.77. The van der Waals surface area contributed by atoms with Gasteiger partial charge in [0.1, 0.15) is 0 Å². The average molecular weight is 164 g/mol. The number of nitrogens with one attached hydrogen (secondary N) is 1. The Bertz CT molecular complexity index is 218. The van der Waals surface area contributed by atoms with Crippen LogP contribution in [-0.4, -0.2) is 43.0 Å². The van der Waals surface area contributed by atoms with Crippen LogP contribution < -0.4 is 5.32 Å². The van der Waals surface area contributed by atoms with E-state index in [4.69, 9.17) is 0 Å². The molecule has 0 saturated carbocycles. The SMILES string of the molecule is [C]1=NC2(CN1)CN1CCC2CC1. The summed E-state index contributed by atoms with van der Waals surface area (Å²) < 4.78 is 0. The zero-order valence-corrected chi connectivity index (χ0v) is 7.21. The van der Waals surface area contributed by atoms with Gasteiger partial charge < -0.3 is 10.2 Å². The van der Waals surface area contributed by atoms with Crippen molar-refractivity contribution in [2.24, 2.45) is 10.9 Å². The van der Waals surface area contributed by atoms with Crippen LogP contribution in [0, 0.1) is 5.92 Å². The van der Waals surface area contributed by atoms with E-state index in [-0.39, 0.29) is 5.54 Å². The minimum absolute atomic E-state index is 0.219. The van der Waals surface area contributed by atoms with E-state index in [0.29, 0.717) is 0 Å². The molecule has 1 unspecified atom stereocenters. The zero-order chi connectivity index (χ0) is 8.02. The van der Waals surface area contributed by atoms with Crippen molar-refractivity contribution in [1.29, 1.82) is 0 Å². The van der Waals surface area contributed by atoms with E-state index >= 15 is 0 Å². The molecule has 4 heterocycles. The van der Waals surface area contributed by atoms with Gasteiger partial charge in [-0.2, -0.15) is 0 Å². The van der Waals surface area contributed by atoms with E-state index in [9.17, 15) is 0 Å². The number of nitrogens with zero attached hydrogens (tertiary/aromatic N) is 2. The first kappa shape index (κ1) is 6.89. The molecule has 1 radical (unpaired) electrons. The molecule has 1 N–H and O–H groups in total. The molecular weight excluding hydrogens is 150 g/mol. The van der Waals surface area contributed by atoms with Crippen molar-refractivity contribution in [3.8, 4) is 0 Å². The van der Waals surface area contributed by atoms with E-state index < -0.39 is 0 Å². The average Bonchev–Trinajstić information content (AvgIpc) is 2.55. The Morgan fingerprint density at radius 1 is 1.42 bits per heavy atom. The molecular formula is C9H14N3. The van der Waals surface area contributed by atoms with Crippen molar-refractivity contribution in [3.05, 3.63) is 0 Å². The molecule has 12 heavy (non-hydrogen) atoms. The van der Waals surface area contributed by atoms with E-state index in [0.717, 1.165) is 19.0 Å². The third-order valence-corrected chi connectivity index (χ3v) is 3.60. The van der Waals surface area contributed by atoms with Crippen LogP contribution in [0.1, 0.15) is 12.8 Å². The van der Waals surface area contributed by atoms with Crippen LogP contribution in [0.4, 0.5) is 0 Å². The molecule has 1 atom stereocenters. The van der Waals surface area contributed by atoms with Crippen LogP contribution in [0.15, 0.2) is 4.99 Å². The largest absolute Gasteiger partial charge is 0.365 e. The molecule has 0 aromatic rings. The van der Waals surface area contributed by atoms with Gasteiger partial charge in [-0.3, -0.25) is 4.99 Å². The zero-order valence-electron chi connectivity index (χ0n) is 7.21. The summed E-state index contributed by atoms with van der Waals surface area (Å²) in [7, 11) is 0. The van der Waals surface area contributed by atoms with Gasteiger partial charge in [-0.1, -0.05) is 0 Å². The first-order valence-corrected chi connectivity index (χ1v) is 4.81. The van der Waals surface area contributed by atoms with Crippen LogP contribution in [0.2, 0.25) is 0 Å². The number of hydrogen-bond donors (Lipinski definition) is 1. The lowest BCUT2D eigenvalue weighted by Gasteiger charge is -2.49. The van der Waals surface area contributed by atoms with Gasteiger partial charge in [0.15, 0.2) is 6.34 Å². The minimum Gasteiger partial charge on any atom is -0.365 e. The van der Waals surface area contributed by atoms with Gasteiger partial charge in [-0.15, -0.1) is 0 Å². The van der Waals surface area contributed by atoms with Crippen molar-refractivity contribution >= 4 is 6.34 Å². The van der Waals surface area contributed by atoms with Crippen LogP contribution in [0.25, 0.3) is 0 Å². The Balaban J connectivity index is 1.91. The monoisotopic (exact) mass is 164 g/mol. The Hall–Kier alpha value is -0.570. The Kier molecular flexibility index (Phi) is 1.28. The van der Waals surface area contributed by atoms with Gasteiger partial charge in [-0.05, 0) is 31.8 Å². The molecule has 4 rings (SSSR count). The summed E-state index contributed by atoms with van der Waals surface area (Å²) in [6, 6.07) is 0. The number of fused-ring (bicyclic) bond motifs is 2. The van der Waals surface area contributed by atoms with Gasteiger partial charge in [0.2, 0.25) is 0 Å². The summed E-state index contributed by atoms with van der Waals surface area (Å²) >= 11 is 0. The second kappa shape index (κ2) is 2.22. The van der Waals surface area contributed by atoms with Gasteiger partial charge in [0, 0.05) is 13.1 Å². The lowest BCUT2D eigenvalue weighted by Crippen LogP contribution is -2.59. The second-order valence-corrected chi connectivity index (χ2v) is 4.23. The molecule has 3 saturated heterocycles. The molecule has 3 nitrogen and oxygen atoms in total. The normalized spacial score (nSPS) is 50.0. The van der Waals surface area contributed by atoms with E-state index in [1.54, 1.807) is 0 Å². The quantitative estimate of drug-likeness (QED) is 0.544. The van der Waals surface area contributed by atoms with Crippen molar-refractivity contribution in [3.63, 3.8) is 0 Å². The molecule has 65 valence electrons. The maximum absolute atomic E-state index is 4.51. The van der Waals surface area contributed by atoms with Crippen LogP contribution in [-0.2, 0) is 0 Å². The fourth-order valence-corrected chi connectivity index (χ4v) is 2.85. The maximum atomic E-state index is 4.51. The van der Waals surface area contributed by atoms with Gasteiger partial charge in [0.25, 0.3) is 0 Å². The first-order chi connectivity index (χ1) is 5.89. The number of aliphatic imine (C=N–C) groups is 1. The predicted molar refractivity (Wildman–Crippen MR) is 47.3 cm³/mol. The molecule has 0 aromatic heterocycles. The Labute approximate surface area is 72.8 Å². The molecule has 0 aromatic carbocycles. The maximum Gasteiger partial charge on any atom is 0.164 e. The molecule has 2 bridgehead atoms. The fraction of sp³-hybridized carbons (Fsp3) is 0.889. The second-order valence-electron chi connectivity index (χ2n) is 4.23. The molecule has 0 amide bonds. The van der Waals surface area contributed by atoms with Crippen LogP contribution in [0.5, 0.6) is 0 Å². The summed E-state index contributed by atoms with van der Waals surface area (Å²) in [5.41, 5.74) is 0.219. The highest BCUT2D eigenvalue weighted by Gasteiger charge is 2.47. The van der Waals surface area contributed by atoms with E-state index in [1.807, 2.05) is 0 Å². The molecule has 3 heteroatoms. The van der Waals surface area contributed by atoms with Crippen molar-refractivity contribution in [2.45, 2.75) is 18.4 Å². The third-order valence-electron chi connectivity index (χ3n) is 3.60. The summed E-state index contributed by atoms with van der Waals surface area (Å²) in [6.07, 6.45) is 5.60. The highest BCUT2D eigenvalue weighted by Crippen LogP contribution is 2.38. The molecule has 3 fully saturated rings. The molecule has 1 spiro atoms. The molecule has 4 aliphatic heterocycles. The first-order valence-electron chi connectivity index (χ1n) is 4.81. The number of hydrogen-bond acceptors (Lipinski definition) is 3. The predicted octanol–water partition coefficient (Wildman–Crippen LogP) is -0.0407. The lowest BCUT2D eigenvalue weighted by molar-refractivity contribution is 0.0374. The third kappa shape index (κ3) is 0.774. The summed E-state index contributed by atoms with van der Waals surface area (Å²) in [4.78, 5) is 7.05. The van der Waals surface area contributed by atoms with Crippen molar-refractivity contribution in [1.82, 2.24) is 10.2 Å². The number of rotatable bonds is 0. The van der Waals surface area contributed by atoms with Crippen molar-refractivity contribution in [2.75, 3.05) is 26.2 Å². The van der Waals surface area contributed by atoms with E-state index in [1.165, 1.54) is 25.9 Å². The smallest absolute Gasteiger partial charge is 0.164 e. The minimum atomic E-state index is 0.219. The fourth-order valence-electron chi connectivity index (χ4n) is 2.85. The Morgan fingerprint density at radius 3 is 2.75 bits per heavy atom.